The van der Waals surface area contributed by atoms with E-state index in [0.717, 1.165) is 25.1 Å². The summed E-state index contributed by atoms with van der Waals surface area (Å²) in [5, 5.41) is 0.0347. The molecule has 5 rings (SSSR count). The highest BCUT2D eigenvalue weighted by molar-refractivity contribution is 7.89. The molecule has 188 valence electrons. The quantitative estimate of drug-likeness (QED) is 0.642. The SMILES string of the molecule is Cc1nc(S(=O)(=O)N2CCC3(CC2)C(C(=O)N2CCC2)c2ccccc2C(=O)N3C(C)C)cn1C. The third kappa shape index (κ3) is 3.60. The predicted molar refractivity (Wildman–Crippen MR) is 130 cm³/mol. The van der Waals surface area contributed by atoms with Crippen molar-refractivity contribution < 1.29 is 18.0 Å². The van der Waals surface area contributed by atoms with Crippen molar-refractivity contribution in [2.24, 2.45) is 7.05 Å². The Morgan fingerprint density at radius 3 is 2.31 bits per heavy atom. The van der Waals surface area contributed by atoms with Crippen LogP contribution >= 0.6 is 0 Å². The van der Waals surface area contributed by atoms with Crippen LogP contribution in [0.15, 0.2) is 35.5 Å². The van der Waals surface area contributed by atoms with Crippen LogP contribution in [0.4, 0.5) is 0 Å². The molecule has 1 aromatic heterocycles. The second kappa shape index (κ2) is 8.44. The van der Waals surface area contributed by atoms with Crippen molar-refractivity contribution in [2.75, 3.05) is 26.2 Å². The summed E-state index contributed by atoms with van der Waals surface area (Å²) in [4.78, 5) is 35.6. The van der Waals surface area contributed by atoms with Gasteiger partial charge in [0.15, 0.2) is 5.03 Å². The normalized spacial score (nSPS) is 22.4. The van der Waals surface area contributed by atoms with Gasteiger partial charge in [-0.2, -0.15) is 4.31 Å². The molecule has 3 aliphatic rings. The molecular formula is C25H33N5O4S. The highest BCUT2D eigenvalue weighted by Gasteiger charge is 2.58. The summed E-state index contributed by atoms with van der Waals surface area (Å²) in [6.07, 6.45) is 3.29. The van der Waals surface area contributed by atoms with Gasteiger partial charge in [-0.05, 0) is 51.7 Å². The molecule has 3 aliphatic heterocycles. The van der Waals surface area contributed by atoms with Crippen LogP contribution in [-0.2, 0) is 21.9 Å². The molecule has 0 saturated carbocycles. The van der Waals surface area contributed by atoms with Gasteiger partial charge in [-0.3, -0.25) is 9.59 Å². The molecule has 2 saturated heterocycles. The Hall–Kier alpha value is -2.72. The van der Waals surface area contributed by atoms with Gasteiger partial charge in [0.25, 0.3) is 15.9 Å². The summed E-state index contributed by atoms with van der Waals surface area (Å²) in [5.41, 5.74) is 0.561. The molecule has 1 unspecified atom stereocenters. The molecule has 35 heavy (non-hydrogen) atoms. The molecular weight excluding hydrogens is 466 g/mol. The first-order chi connectivity index (χ1) is 16.6. The molecule has 10 heteroatoms. The zero-order valence-electron chi connectivity index (χ0n) is 20.8. The Kier molecular flexibility index (Phi) is 5.79. The Morgan fingerprint density at radius 2 is 1.77 bits per heavy atom. The molecule has 1 spiro atoms. The lowest BCUT2D eigenvalue weighted by Gasteiger charge is -2.57. The fourth-order valence-corrected chi connectivity index (χ4v) is 7.43. The monoisotopic (exact) mass is 499 g/mol. The number of carbonyl (C=O) groups is 2. The fourth-order valence-electron chi connectivity index (χ4n) is 5.96. The van der Waals surface area contributed by atoms with Gasteiger partial charge in [-0.1, -0.05) is 18.2 Å². The second-order valence-electron chi connectivity index (χ2n) is 10.2. The Morgan fingerprint density at radius 1 is 1.11 bits per heavy atom. The lowest BCUT2D eigenvalue weighted by atomic mass is 9.66. The minimum atomic E-state index is -3.78. The zero-order valence-corrected chi connectivity index (χ0v) is 21.6. The molecule has 0 aliphatic carbocycles. The maximum Gasteiger partial charge on any atom is 0.262 e. The van der Waals surface area contributed by atoms with Crippen LogP contribution in [0.5, 0.6) is 0 Å². The third-order valence-corrected chi connectivity index (χ3v) is 9.72. The number of fused-ring (bicyclic) bond motifs is 1. The standard InChI is InChI=1S/C25H33N5O4S/c1-17(2)30-23(31)20-9-6-5-8-19(20)22(24(32)28-12-7-13-28)25(30)10-14-29(15-11-25)35(33,34)21-16-27(4)18(3)26-21/h5-6,8-9,16-17,22H,7,10-15H2,1-4H3. The molecule has 0 N–H and O–H groups in total. The first kappa shape index (κ1) is 24.0. The summed E-state index contributed by atoms with van der Waals surface area (Å²) < 4.78 is 29.9. The summed E-state index contributed by atoms with van der Waals surface area (Å²) >= 11 is 0. The van der Waals surface area contributed by atoms with E-state index >= 15 is 0 Å². The summed E-state index contributed by atoms with van der Waals surface area (Å²) in [6, 6.07) is 7.28. The average Bonchev–Trinajstić information content (AvgIpc) is 3.12. The largest absolute Gasteiger partial charge is 0.342 e. The minimum absolute atomic E-state index is 0.0347. The van der Waals surface area contributed by atoms with Gasteiger partial charge in [0.2, 0.25) is 5.91 Å². The summed E-state index contributed by atoms with van der Waals surface area (Å²) in [5.74, 6) is 0.0669. The number of amides is 2. The van der Waals surface area contributed by atoms with Gasteiger partial charge in [-0.25, -0.2) is 13.4 Å². The number of benzene rings is 1. The van der Waals surface area contributed by atoms with E-state index in [0.29, 0.717) is 24.2 Å². The maximum absolute atomic E-state index is 13.9. The van der Waals surface area contributed by atoms with Gasteiger partial charge >= 0.3 is 0 Å². The summed E-state index contributed by atoms with van der Waals surface area (Å²) in [6.45, 7) is 7.60. The van der Waals surface area contributed by atoms with Crippen molar-refractivity contribution in [3.63, 3.8) is 0 Å². The number of sulfonamides is 1. The van der Waals surface area contributed by atoms with E-state index in [2.05, 4.69) is 4.98 Å². The van der Waals surface area contributed by atoms with Crippen molar-refractivity contribution in [3.8, 4) is 0 Å². The van der Waals surface area contributed by atoms with Crippen LogP contribution < -0.4 is 0 Å². The minimum Gasteiger partial charge on any atom is -0.342 e. The number of nitrogens with zero attached hydrogens (tertiary/aromatic N) is 5. The average molecular weight is 500 g/mol. The molecule has 0 bridgehead atoms. The molecule has 0 radical (unpaired) electrons. The van der Waals surface area contributed by atoms with E-state index in [1.807, 2.05) is 41.8 Å². The van der Waals surface area contributed by atoms with Crippen LogP contribution in [0.2, 0.25) is 0 Å². The van der Waals surface area contributed by atoms with Crippen LogP contribution in [0.1, 0.15) is 60.8 Å². The Labute approximate surface area is 206 Å². The first-order valence-corrected chi connectivity index (χ1v) is 13.7. The smallest absolute Gasteiger partial charge is 0.262 e. The maximum atomic E-state index is 13.9. The topological polar surface area (TPSA) is 95.8 Å². The van der Waals surface area contributed by atoms with Crippen molar-refractivity contribution >= 4 is 21.8 Å². The highest BCUT2D eigenvalue weighted by Crippen LogP contribution is 2.49. The zero-order chi connectivity index (χ0) is 25.1. The van der Waals surface area contributed by atoms with Gasteiger partial charge in [0.05, 0.1) is 11.5 Å². The van der Waals surface area contributed by atoms with E-state index in [4.69, 9.17) is 0 Å². The van der Waals surface area contributed by atoms with Gasteiger partial charge in [-0.15, -0.1) is 0 Å². The fraction of sp³-hybridized carbons (Fsp3) is 0.560. The van der Waals surface area contributed by atoms with Gasteiger partial charge in [0, 0.05) is 51.0 Å². The summed E-state index contributed by atoms with van der Waals surface area (Å²) in [7, 11) is -2.01. The van der Waals surface area contributed by atoms with Crippen LogP contribution in [0.25, 0.3) is 0 Å². The van der Waals surface area contributed by atoms with E-state index in [9.17, 15) is 18.0 Å². The van der Waals surface area contributed by atoms with E-state index in [1.165, 1.54) is 10.5 Å². The van der Waals surface area contributed by atoms with Crippen LogP contribution in [0.3, 0.4) is 0 Å². The molecule has 1 atom stereocenters. The number of hydrogen-bond donors (Lipinski definition) is 0. The van der Waals surface area contributed by atoms with Crippen molar-refractivity contribution in [1.82, 2.24) is 23.7 Å². The Balaban J connectivity index is 1.55. The predicted octanol–water partition coefficient (Wildman–Crippen LogP) is 2.13. The Bertz CT molecular complexity index is 1250. The molecule has 1 aromatic carbocycles. The number of imidazole rings is 1. The third-order valence-electron chi connectivity index (χ3n) is 7.95. The number of carbonyl (C=O) groups excluding carboxylic acids is 2. The lowest BCUT2D eigenvalue weighted by Crippen LogP contribution is -2.67. The number of aryl methyl sites for hydroxylation is 2. The molecule has 4 heterocycles. The lowest BCUT2D eigenvalue weighted by molar-refractivity contribution is -0.142. The van der Waals surface area contributed by atoms with Gasteiger partial charge in [0.1, 0.15) is 5.82 Å². The van der Waals surface area contributed by atoms with E-state index < -0.39 is 21.5 Å². The molecule has 2 amide bonds. The van der Waals surface area contributed by atoms with Crippen molar-refractivity contribution in [1.29, 1.82) is 0 Å². The van der Waals surface area contributed by atoms with Crippen molar-refractivity contribution in [3.05, 3.63) is 47.4 Å². The molecule has 2 fully saturated rings. The molecule has 2 aromatic rings. The number of aromatic nitrogens is 2. The first-order valence-electron chi connectivity index (χ1n) is 12.3. The highest BCUT2D eigenvalue weighted by atomic mass is 32.2. The van der Waals surface area contributed by atoms with Crippen molar-refractivity contribution in [2.45, 2.75) is 62.6 Å². The number of piperidine rings is 1. The van der Waals surface area contributed by atoms with Crippen LogP contribution in [0, 0.1) is 6.92 Å². The number of hydrogen-bond acceptors (Lipinski definition) is 5. The van der Waals surface area contributed by atoms with E-state index in [1.54, 1.807) is 24.6 Å². The second-order valence-corrected chi connectivity index (χ2v) is 12.1. The van der Waals surface area contributed by atoms with Crippen LogP contribution in [-0.4, -0.2) is 81.6 Å². The number of likely N-dealkylation sites (tertiary alicyclic amines) is 1. The number of rotatable bonds is 4. The van der Waals surface area contributed by atoms with E-state index in [-0.39, 0.29) is 36.0 Å². The molecule has 9 nitrogen and oxygen atoms in total. The van der Waals surface area contributed by atoms with Gasteiger partial charge < -0.3 is 14.4 Å².